The lowest BCUT2D eigenvalue weighted by molar-refractivity contribution is -0.382. The van der Waals surface area contributed by atoms with Crippen LogP contribution in [0.3, 0.4) is 0 Å². The Hall–Kier alpha value is -2.28. The summed E-state index contributed by atoms with van der Waals surface area (Å²) in [4.78, 5) is 10.8. The maximum Gasteiger partial charge on any atom is 0.397 e. The van der Waals surface area contributed by atoms with Crippen LogP contribution in [0.15, 0.2) is 24.4 Å². The van der Waals surface area contributed by atoms with Crippen LogP contribution in [0.4, 0.5) is 11.5 Å². The fourth-order valence-corrected chi connectivity index (χ4v) is 1.66. The smallest absolute Gasteiger partial charge is 0.358 e. The highest BCUT2D eigenvalue weighted by Gasteiger charge is 2.27. The summed E-state index contributed by atoms with van der Waals surface area (Å²) < 4.78 is 31.2. The summed E-state index contributed by atoms with van der Waals surface area (Å²) in [6.45, 7) is 6.00. The van der Waals surface area contributed by atoms with Crippen LogP contribution in [0.2, 0.25) is 0 Å². The largest absolute Gasteiger partial charge is 0.397 e. The molecule has 25 heavy (non-hydrogen) atoms. The first kappa shape index (κ1) is 22.7. The Balaban J connectivity index is 0.000000715. The molecule has 2 heterocycles. The Morgan fingerprint density at radius 1 is 1.44 bits per heavy atom. The van der Waals surface area contributed by atoms with Crippen molar-refractivity contribution < 1.29 is 22.1 Å². The van der Waals surface area contributed by atoms with E-state index in [0.29, 0.717) is 11.3 Å². The molecule has 0 radical (unpaired) electrons. The average Bonchev–Trinajstić information content (AvgIpc) is 2.84. The Bertz CT molecular complexity index is 817. The molecule has 0 aromatic carbocycles. The standard InChI is InChI=1S/C12H16N4O2.CH4O4S.H3N/c1-4-12(2,3)13-11-10(16(17)18)9-7-5-6-8-15(9)14-11;1-5-6(2,3)4;/h5-8H,4H2,1-3H3,(H,13,14);1H3,(H,2,3,4);1H3. The summed E-state index contributed by atoms with van der Waals surface area (Å²) in [5.41, 5.74) is 0.289. The Labute approximate surface area is 145 Å². The number of rotatable bonds is 5. The SMILES string of the molecule is CCC(C)(C)Nc1nn2ccccc2c1[N+](=O)[O-].COS(=O)(=O)O.N. The fraction of sp³-hybridized carbons (Fsp3) is 0.462. The molecular weight excluding hydrogens is 354 g/mol. The van der Waals surface area contributed by atoms with Crippen LogP contribution < -0.4 is 11.5 Å². The van der Waals surface area contributed by atoms with Crippen molar-refractivity contribution in [1.29, 1.82) is 0 Å². The number of hydrogen-bond donors (Lipinski definition) is 3. The van der Waals surface area contributed by atoms with Crippen molar-refractivity contribution in [2.45, 2.75) is 32.7 Å². The lowest BCUT2D eigenvalue weighted by atomic mass is 10.0. The van der Waals surface area contributed by atoms with E-state index in [0.717, 1.165) is 13.5 Å². The van der Waals surface area contributed by atoms with Gasteiger partial charge in [0, 0.05) is 11.7 Å². The molecule has 0 saturated heterocycles. The number of nitrogens with one attached hydrogen (secondary N) is 1. The average molecular weight is 377 g/mol. The van der Waals surface area contributed by atoms with Crippen LogP contribution in [-0.2, 0) is 14.6 Å². The summed E-state index contributed by atoms with van der Waals surface area (Å²) in [5.74, 6) is 0.318. The van der Waals surface area contributed by atoms with Crippen molar-refractivity contribution in [3.05, 3.63) is 34.5 Å². The summed E-state index contributed by atoms with van der Waals surface area (Å²) in [7, 11) is -3.29. The van der Waals surface area contributed by atoms with E-state index in [4.69, 9.17) is 4.55 Å². The van der Waals surface area contributed by atoms with Crippen molar-refractivity contribution in [1.82, 2.24) is 15.8 Å². The minimum atomic E-state index is -4.16. The first-order valence-electron chi connectivity index (χ1n) is 6.93. The van der Waals surface area contributed by atoms with Gasteiger partial charge in [-0.1, -0.05) is 13.0 Å². The molecule has 0 amide bonds. The number of nitro groups is 1. The second kappa shape index (κ2) is 8.71. The van der Waals surface area contributed by atoms with E-state index >= 15 is 0 Å². The third-order valence-corrected chi connectivity index (χ3v) is 3.67. The maximum absolute atomic E-state index is 11.2. The number of hydrogen-bond acceptors (Lipinski definition) is 8. The molecule has 11 nitrogen and oxygen atoms in total. The van der Waals surface area contributed by atoms with Crippen molar-refractivity contribution >= 4 is 27.4 Å². The molecule has 12 heteroatoms. The van der Waals surface area contributed by atoms with E-state index in [1.165, 1.54) is 4.52 Å². The van der Waals surface area contributed by atoms with E-state index in [1.54, 1.807) is 24.4 Å². The molecule has 2 rings (SSSR count). The third-order valence-electron chi connectivity index (χ3n) is 3.25. The van der Waals surface area contributed by atoms with Crippen LogP contribution in [0.5, 0.6) is 0 Å². The van der Waals surface area contributed by atoms with Gasteiger partial charge in [-0.25, -0.2) is 4.52 Å². The number of nitrogens with zero attached hydrogens (tertiary/aromatic N) is 3. The predicted molar refractivity (Wildman–Crippen MR) is 93.4 cm³/mol. The zero-order valence-corrected chi connectivity index (χ0v) is 15.3. The molecule has 0 saturated carbocycles. The molecule has 5 N–H and O–H groups in total. The first-order valence-corrected chi connectivity index (χ1v) is 8.30. The summed E-state index contributed by atoms with van der Waals surface area (Å²) in [6.07, 6.45) is 2.55. The van der Waals surface area contributed by atoms with Gasteiger partial charge in [-0.3, -0.25) is 18.9 Å². The zero-order chi connectivity index (χ0) is 18.5. The van der Waals surface area contributed by atoms with E-state index in [-0.39, 0.29) is 17.4 Å². The zero-order valence-electron chi connectivity index (χ0n) is 14.5. The Morgan fingerprint density at radius 2 is 2.00 bits per heavy atom. The van der Waals surface area contributed by atoms with Crippen molar-refractivity contribution in [3.63, 3.8) is 0 Å². The molecule has 0 aliphatic carbocycles. The van der Waals surface area contributed by atoms with Gasteiger partial charge in [-0.15, -0.1) is 5.10 Å². The predicted octanol–water partition coefficient (Wildman–Crippen LogP) is 2.44. The van der Waals surface area contributed by atoms with E-state index in [1.807, 2.05) is 20.8 Å². The van der Waals surface area contributed by atoms with E-state index in [9.17, 15) is 18.5 Å². The highest BCUT2D eigenvalue weighted by atomic mass is 32.3. The number of pyridine rings is 1. The van der Waals surface area contributed by atoms with Gasteiger partial charge < -0.3 is 11.5 Å². The molecule has 0 bridgehead atoms. The van der Waals surface area contributed by atoms with Crippen molar-refractivity contribution in [3.8, 4) is 0 Å². The van der Waals surface area contributed by atoms with Gasteiger partial charge >= 0.3 is 16.1 Å². The summed E-state index contributed by atoms with van der Waals surface area (Å²) >= 11 is 0. The van der Waals surface area contributed by atoms with Gasteiger partial charge in [-0.05, 0) is 32.4 Å². The first-order chi connectivity index (χ1) is 11.0. The molecule has 0 fully saturated rings. The molecule has 2 aromatic heterocycles. The van der Waals surface area contributed by atoms with Crippen LogP contribution in [0, 0.1) is 10.1 Å². The molecule has 0 atom stereocenters. The van der Waals surface area contributed by atoms with Crippen LogP contribution in [0.1, 0.15) is 27.2 Å². The quantitative estimate of drug-likeness (QED) is 0.402. The van der Waals surface area contributed by atoms with Crippen molar-refractivity contribution in [2.24, 2.45) is 0 Å². The summed E-state index contributed by atoms with van der Waals surface area (Å²) in [6, 6.07) is 5.24. The topological polar surface area (TPSA) is 171 Å². The van der Waals surface area contributed by atoms with Gasteiger partial charge in [0.15, 0.2) is 0 Å². The molecule has 2 aromatic rings. The molecular formula is C13H23N5O6S. The van der Waals surface area contributed by atoms with Crippen molar-refractivity contribution in [2.75, 3.05) is 12.4 Å². The van der Waals surface area contributed by atoms with Crippen LogP contribution in [0.25, 0.3) is 5.52 Å². The fourth-order valence-electron chi connectivity index (χ4n) is 1.66. The number of anilines is 1. The van der Waals surface area contributed by atoms with Gasteiger partial charge in [-0.2, -0.15) is 8.42 Å². The number of fused-ring (bicyclic) bond motifs is 1. The highest BCUT2D eigenvalue weighted by Crippen LogP contribution is 2.31. The van der Waals surface area contributed by atoms with Gasteiger partial charge in [0.1, 0.15) is 5.52 Å². The highest BCUT2D eigenvalue weighted by molar-refractivity contribution is 7.80. The third kappa shape index (κ3) is 6.62. The van der Waals surface area contributed by atoms with Crippen LogP contribution >= 0.6 is 0 Å². The van der Waals surface area contributed by atoms with Crippen LogP contribution in [-0.4, -0.2) is 40.2 Å². The molecule has 142 valence electrons. The minimum Gasteiger partial charge on any atom is -0.358 e. The van der Waals surface area contributed by atoms with E-state index in [2.05, 4.69) is 14.6 Å². The monoisotopic (exact) mass is 377 g/mol. The maximum atomic E-state index is 11.2. The lowest BCUT2D eigenvalue weighted by Crippen LogP contribution is -2.30. The molecule has 0 aliphatic rings. The second-order valence-corrected chi connectivity index (χ2v) is 6.63. The lowest BCUT2D eigenvalue weighted by Gasteiger charge is -2.23. The second-order valence-electron chi connectivity index (χ2n) is 5.44. The molecule has 0 spiro atoms. The molecule has 0 aliphatic heterocycles. The van der Waals surface area contributed by atoms with Gasteiger partial charge in [0.25, 0.3) is 0 Å². The molecule has 0 unspecified atom stereocenters. The van der Waals surface area contributed by atoms with Gasteiger partial charge in [0.05, 0.1) is 12.0 Å². The Kier molecular flexibility index (Phi) is 7.92. The Morgan fingerprint density at radius 3 is 2.44 bits per heavy atom. The normalized spacial score (nSPS) is 11.2. The summed E-state index contributed by atoms with van der Waals surface area (Å²) in [5, 5.41) is 18.5. The van der Waals surface area contributed by atoms with E-state index < -0.39 is 15.3 Å². The number of aromatic nitrogens is 2. The van der Waals surface area contributed by atoms with Gasteiger partial charge in [0.2, 0.25) is 5.82 Å². The minimum absolute atomic E-state index is 0.